The third-order valence-electron chi connectivity index (χ3n) is 2.31. The molecule has 1 aromatic carbocycles. The number of amides is 1. The highest BCUT2D eigenvalue weighted by molar-refractivity contribution is 5.95. The summed E-state index contributed by atoms with van der Waals surface area (Å²) in [4.78, 5) is 19.4. The average Bonchev–Trinajstić information content (AvgIpc) is 2.40. The molecule has 0 atom stereocenters. The van der Waals surface area contributed by atoms with Gasteiger partial charge in [0.2, 0.25) is 0 Å². The van der Waals surface area contributed by atoms with E-state index in [9.17, 15) is 9.18 Å². The Morgan fingerprint density at radius 3 is 2.94 bits per heavy atom. The van der Waals surface area contributed by atoms with Crippen molar-refractivity contribution in [2.75, 3.05) is 5.73 Å². The van der Waals surface area contributed by atoms with Crippen LogP contribution >= 0.6 is 0 Å². The molecule has 6 heteroatoms. The summed E-state index contributed by atoms with van der Waals surface area (Å²) in [7, 11) is 0. The van der Waals surface area contributed by atoms with E-state index >= 15 is 0 Å². The van der Waals surface area contributed by atoms with Gasteiger partial charge >= 0.3 is 0 Å². The molecule has 0 saturated carbocycles. The average molecular weight is 246 g/mol. The Hall–Kier alpha value is -2.50. The number of halogens is 1. The van der Waals surface area contributed by atoms with Crippen LogP contribution < -0.4 is 11.1 Å². The van der Waals surface area contributed by atoms with Gasteiger partial charge < -0.3 is 11.1 Å². The molecule has 0 saturated heterocycles. The van der Waals surface area contributed by atoms with E-state index in [1.165, 1.54) is 18.5 Å². The Labute approximate surface area is 103 Å². The number of hydrogen-bond acceptors (Lipinski definition) is 4. The fourth-order valence-electron chi connectivity index (χ4n) is 1.41. The van der Waals surface area contributed by atoms with Crippen LogP contribution in [0.5, 0.6) is 0 Å². The number of rotatable bonds is 3. The summed E-state index contributed by atoms with van der Waals surface area (Å²) in [6.07, 6.45) is 2.94. The van der Waals surface area contributed by atoms with Crippen LogP contribution in [0.1, 0.15) is 16.1 Å². The summed E-state index contributed by atoms with van der Waals surface area (Å²) in [6, 6.07) is 5.52. The maximum Gasteiger partial charge on any atom is 0.254 e. The number of hydrogen-bond donors (Lipinski definition) is 2. The summed E-state index contributed by atoms with van der Waals surface area (Å²) in [5.74, 6) is -1.14. The van der Waals surface area contributed by atoms with Crippen LogP contribution in [-0.2, 0) is 6.54 Å². The SMILES string of the molecule is Nc1ccc(F)c(C(=O)NCc2ccncn2)c1. The Balaban J connectivity index is 2.06. The third kappa shape index (κ3) is 2.79. The van der Waals surface area contributed by atoms with Crippen LogP contribution in [0.25, 0.3) is 0 Å². The minimum absolute atomic E-state index is 0.0796. The predicted octanol–water partition coefficient (Wildman–Crippen LogP) is 1.13. The molecular weight excluding hydrogens is 235 g/mol. The number of aromatic nitrogens is 2. The molecule has 2 aromatic rings. The van der Waals surface area contributed by atoms with E-state index in [2.05, 4.69) is 15.3 Å². The van der Waals surface area contributed by atoms with Gasteiger partial charge in [0, 0.05) is 11.9 Å². The number of nitrogens with one attached hydrogen (secondary N) is 1. The van der Waals surface area contributed by atoms with Gasteiger partial charge in [0.25, 0.3) is 5.91 Å². The molecule has 0 unspecified atom stereocenters. The third-order valence-corrected chi connectivity index (χ3v) is 2.31. The van der Waals surface area contributed by atoms with E-state index < -0.39 is 11.7 Å². The molecule has 2 rings (SSSR count). The molecular formula is C12H11FN4O. The summed E-state index contributed by atoms with van der Waals surface area (Å²) in [6.45, 7) is 0.204. The molecule has 92 valence electrons. The van der Waals surface area contributed by atoms with Crippen molar-refractivity contribution in [3.05, 3.63) is 53.9 Å². The van der Waals surface area contributed by atoms with Crippen LogP contribution in [0.4, 0.5) is 10.1 Å². The first-order chi connectivity index (χ1) is 8.66. The van der Waals surface area contributed by atoms with Crippen molar-refractivity contribution in [3.63, 3.8) is 0 Å². The zero-order chi connectivity index (χ0) is 13.0. The van der Waals surface area contributed by atoms with Gasteiger partial charge in [-0.25, -0.2) is 14.4 Å². The van der Waals surface area contributed by atoms with Crippen LogP contribution in [-0.4, -0.2) is 15.9 Å². The maximum absolute atomic E-state index is 13.4. The number of carbonyl (C=O) groups is 1. The highest BCUT2D eigenvalue weighted by atomic mass is 19.1. The topological polar surface area (TPSA) is 80.9 Å². The van der Waals surface area contributed by atoms with Crippen molar-refractivity contribution in [1.29, 1.82) is 0 Å². The Morgan fingerprint density at radius 1 is 1.39 bits per heavy atom. The molecule has 5 nitrogen and oxygen atoms in total. The quantitative estimate of drug-likeness (QED) is 0.795. The van der Waals surface area contributed by atoms with Crippen molar-refractivity contribution in [2.45, 2.75) is 6.54 Å². The molecule has 18 heavy (non-hydrogen) atoms. The van der Waals surface area contributed by atoms with Gasteiger partial charge in [0.1, 0.15) is 12.1 Å². The highest BCUT2D eigenvalue weighted by Crippen LogP contribution is 2.11. The number of nitrogens with two attached hydrogens (primary N) is 1. The predicted molar refractivity (Wildman–Crippen MR) is 64.0 cm³/mol. The van der Waals surface area contributed by atoms with Gasteiger partial charge in [-0.2, -0.15) is 0 Å². The van der Waals surface area contributed by atoms with Gasteiger partial charge in [-0.15, -0.1) is 0 Å². The fourth-order valence-corrected chi connectivity index (χ4v) is 1.41. The molecule has 0 aliphatic carbocycles. The smallest absolute Gasteiger partial charge is 0.254 e. The largest absolute Gasteiger partial charge is 0.399 e. The van der Waals surface area contributed by atoms with Gasteiger partial charge in [-0.05, 0) is 24.3 Å². The second kappa shape index (κ2) is 5.22. The second-order valence-corrected chi connectivity index (χ2v) is 3.62. The molecule has 1 aromatic heterocycles. The van der Waals surface area contributed by atoms with E-state index in [1.807, 2.05) is 0 Å². The van der Waals surface area contributed by atoms with E-state index in [0.717, 1.165) is 6.07 Å². The van der Waals surface area contributed by atoms with Gasteiger partial charge in [0.05, 0.1) is 17.8 Å². The molecule has 0 aliphatic rings. The summed E-state index contributed by atoms with van der Waals surface area (Å²) >= 11 is 0. The summed E-state index contributed by atoms with van der Waals surface area (Å²) in [5.41, 5.74) is 6.40. The van der Waals surface area contributed by atoms with E-state index in [-0.39, 0.29) is 12.1 Å². The maximum atomic E-state index is 13.4. The van der Waals surface area contributed by atoms with Crippen molar-refractivity contribution in [1.82, 2.24) is 15.3 Å². The Bertz CT molecular complexity index is 559. The van der Waals surface area contributed by atoms with E-state index in [0.29, 0.717) is 11.4 Å². The van der Waals surface area contributed by atoms with Crippen molar-refractivity contribution >= 4 is 11.6 Å². The Morgan fingerprint density at radius 2 is 2.22 bits per heavy atom. The summed E-state index contributed by atoms with van der Waals surface area (Å²) in [5, 5.41) is 2.56. The monoisotopic (exact) mass is 246 g/mol. The minimum atomic E-state index is -0.607. The Kier molecular flexibility index (Phi) is 3.47. The lowest BCUT2D eigenvalue weighted by atomic mass is 10.1. The lowest BCUT2D eigenvalue weighted by Crippen LogP contribution is -2.24. The first kappa shape index (κ1) is 12.0. The highest BCUT2D eigenvalue weighted by Gasteiger charge is 2.11. The molecule has 1 amide bonds. The molecule has 0 fully saturated rings. The number of nitrogens with zero attached hydrogens (tertiary/aromatic N) is 2. The molecule has 0 radical (unpaired) electrons. The molecule has 0 aliphatic heterocycles. The van der Waals surface area contributed by atoms with Gasteiger partial charge in [-0.1, -0.05) is 0 Å². The zero-order valence-electron chi connectivity index (χ0n) is 9.43. The number of nitrogen functional groups attached to an aromatic ring is 1. The normalized spacial score (nSPS) is 10.1. The first-order valence-electron chi connectivity index (χ1n) is 5.25. The van der Waals surface area contributed by atoms with E-state index in [4.69, 9.17) is 5.73 Å². The van der Waals surface area contributed by atoms with Crippen LogP contribution in [0, 0.1) is 5.82 Å². The first-order valence-corrected chi connectivity index (χ1v) is 5.25. The van der Waals surface area contributed by atoms with Crippen LogP contribution in [0.3, 0.4) is 0 Å². The standard InChI is InChI=1S/C12H11FN4O/c13-11-2-1-8(14)5-10(11)12(18)16-6-9-3-4-15-7-17-9/h1-5,7H,6,14H2,(H,16,18). The summed E-state index contributed by atoms with van der Waals surface area (Å²) < 4.78 is 13.4. The van der Waals surface area contributed by atoms with E-state index in [1.54, 1.807) is 12.3 Å². The fraction of sp³-hybridized carbons (Fsp3) is 0.0833. The van der Waals surface area contributed by atoms with Crippen molar-refractivity contribution in [2.24, 2.45) is 0 Å². The second-order valence-electron chi connectivity index (χ2n) is 3.62. The molecule has 0 spiro atoms. The van der Waals surface area contributed by atoms with Crippen LogP contribution in [0.2, 0.25) is 0 Å². The van der Waals surface area contributed by atoms with Crippen molar-refractivity contribution in [3.8, 4) is 0 Å². The van der Waals surface area contributed by atoms with Gasteiger partial charge in [-0.3, -0.25) is 4.79 Å². The molecule has 1 heterocycles. The lowest BCUT2D eigenvalue weighted by molar-refractivity contribution is 0.0946. The minimum Gasteiger partial charge on any atom is -0.399 e. The number of anilines is 1. The van der Waals surface area contributed by atoms with Gasteiger partial charge in [0.15, 0.2) is 0 Å². The number of benzene rings is 1. The van der Waals surface area contributed by atoms with Crippen LogP contribution in [0.15, 0.2) is 36.8 Å². The zero-order valence-corrected chi connectivity index (χ0v) is 9.43. The van der Waals surface area contributed by atoms with Crippen molar-refractivity contribution < 1.29 is 9.18 Å². The molecule has 0 bridgehead atoms. The lowest BCUT2D eigenvalue weighted by Gasteiger charge is -2.06. The number of carbonyl (C=O) groups excluding carboxylic acids is 1. The molecule has 3 N–H and O–H groups in total.